The molecule has 7 nitrogen and oxygen atoms in total. The van der Waals surface area contributed by atoms with E-state index < -0.39 is 0 Å². The van der Waals surface area contributed by atoms with Gasteiger partial charge in [0.2, 0.25) is 5.13 Å². The summed E-state index contributed by atoms with van der Waals surface area (Å²) in [6.45, 7) is 8.84. The van der Waals surface area contributed by atoms with Crippen LogP contribution < -0.4 is 18.5 Å². The fourth-order valence-corrected chi connectivity index (χ4v) is 7.01. The van der Waals surface area contributed by atoms with Crippen molar-refractivity contribution in [3.63, 3.8) is 0 Å². The molecule has 2 atom stereocenters. The summed E-state index contributed by atoms with van der Waals surface area (Å²) in [7, 11) is 3.34. The Kier molecular flexibility index (Phi) is 8.76. The minimum absolute atomic E-state index is 0.394. The molecule has 3 heterocycles. The lowest BCUT2D eigenvalue weighted by atomic mass is 9.90. The lowest BCUT2D eigenvalue weighted by Gasteiger charge is -2.43. The van der Waals surface area contributed by atoms with Crippen molar-refractivity contribution in [2.45, 2.75) is 62.6 Å². The number of fused-ring (bicyclic) bond motifs is 1. The van der Waals surface area contributed by atoms with E-state index in [-0.39, 0.29) is 0 Å². The molecule has 38 heavy (non-hydrogen) atoms. The third kappa shape index (κ3) is 6.11. The van der Waals surface area contributed by atoms with Crippen LogP contribution in [0.2, 0.25) is 0 Å². The van der Waals surface area contributed by atoms with E-state index in [9.17, 15) is 0 Å². The molecule has 2 aliphatic heterocycles. The summed E-state index contributed by atoms with van der Waals surface area (Å²) in [6, 6.07) is 13.5. The molecule has 5 rings (SSSR count). The van der Waals surface area contributed by atoms with Crippen molar-refractivity contribution in [3.8, 4) is 17.2 Å². The van der Waals surface area contributed by atoms with Crippen LogP contribution in [0.15, 0.2) is 59.8 Å². The molecule has 0 saturated carbocycles. The van der Waals surface area contributed by atoms with Gasteiger partial charge in [-0.05, 0) is 68.9 Å². The van der Waals surface area contributed by atoms with Crippen LogP contribution in [0.25, 0.3) is 0 Å². The Labute approximate surface area is 234 Å². The Morgan fingerprint density at radius 1 is 1.18 bits per heavy atom. The van der Waals surface area contributed by atoms with Gasteiger partial charge in [0.25, 0.3) is 0 Å². The summed E-state index contributed by atoms with van der Waals surface area (Å²) in [4.78, 5) is 8.31. The van der Waals surface area contributed by atoms with Gasteiger partial charge in [-0.15, -0.1) is 6.58 Å². The van der Waals surface area contributed by atoms with E-state index in [2.05, 4.69) is 50.3 Å². The third-order valence-corrected chi connectivity index (χ3v) is 9.03. The molecule has 0 N–H and O–H groups in total. The Hall–Kier alpha value is -2.75. The van der Waals surface area contributed by atoms with Gasteiger partial charge in [-0.1, -0.05) is 18.1 Å². The average Bonchev–Trinajstić information content (AvgIpc) is 3.47. The molecule has 2 aromatic carbocycles. The third-order valence-electron chi connectivity index (χ3n) is 7.24. The first kappa shape index (κ1) is 26.8. The van der Waals surface area contributed by atoms with Gasteiger partial charge in [-0.25, -0.2) is 4.98 Å². The van der Waals surface area contributed by atoms with Gasteiger partial charge in [-0.2, -0.15) is 4.37 Å². The average molecular weight is 553 g/mol. The van der Waals surface area contributed by atoms with Gasteiger partial charge in [0.1, 0.15) is 23.6 Å². The predicted molar refractivity (Wildman–Crippen MR) is 155 cm³/mol. The van der Waals surface area contributed by atoms with Crippen molar-refractivity contribution < 1.29 is 14.2 Å². The zero-order chi connectivity index (χ0) is 26.5. The van der Waals surface area contributed by atoms with Gasteiger partial charge >= 0.3 is 0 Å². The van der Waals surface area contributed by atoms with Crippen LogP contribution in [0.5, 0.6) is 17.2 Å². The van der Waals surface area contributed by atoms with Crippen molar-refractivity contribution in [2.75, 3.05) is 31.7 Å². The van der Waals surface area contributed by atoms with E-state index in [1.54, 1.807) is 32.5 Å². The number of hydrogen-bond acceptors (Lipinski definition) is 9. The molecule has 202 valence electrons. The summed E-state index contributed by atoms with van der Waals surface area (Å²) in [5, 5.41) is 0.834. The lowest BCUT2D eigenvalue weighted by molar-refractivity contribution is 0.0673. The molecule has 3 aromatic rings. The van der Waals surface area contributed by atoms with E-state index in [4.69, 9.17) is 14.2 Å². The lowest BCUT2D eigenvalue weighted by Crippen LogP contribution is -2.43. The van der Waals surface area contributed by atoms with E-state index in [1.165, 1.54) is 41.9 Å². The molecule has 0 bridgehead atoms. The molecule has 1 fully saturated rings. The van der Waals surface area contributed by atoms with E-state index in [0.717, 1.165) is 58.8 Å². The first-order valence-corrected chi connectivity index (χ1v) is 14.7. The number of nitrogens with zero attached hydrogens (tertiary/aromatic N) is 4. The highest BCUT2D eigenvalue weighted by Crippen LogP contribution is 2.43. The van der Waals surface area contributed by atoms with Crippen LogP contribution in [0.1, 0.15) is 56.2 Å². The smallest absolute Gasteiger partial charge is 0.215 e. The maximum Gasteiger partial charge on any atom is 0.215 e. The minimum atomic E-state index is 0.394. The summed E-state index contributed by atoms with van der Waals surface area (Å²) < 4.78 is 23.6. The number of benzene rings is 2. The van der Waals surface area contributed by atoms with Crippen molar-refractivity contribution >= 4 is 28.6 Å². The molecular formula is C29H36N4O3S2. The molecule has 0 aliphatic carbocycles. The van der Waals surface area contributed by atoms with Gasteiger partial charge in [0.15, 0.2) is 0 Å². The maximum atomic E-state index is 6.22. The highest BCUT2D eigenvalue weighted by atomic mass is 32.2. The number of ether oxygens (including phenoxy) is 3. The van der Waals surface area contributed by atoms with Crippen LogP contribution in [0.3, 0.4) is 0 Å². The zero-order valence-corrected chi connectivity index (χ0v) is 24.0. The number of hydrogen-bond donors (Lipinski definition) is 0. The first-order valence-electron chi connectivity index (χ1n) is 13.2. The monoisotopic (exact) mass is 552 g/mol. The Morgan fingerprint density at radius 2 is 2.08 bits per heavy atom. The number of anilines is 1. The second-order valence-corrected chi connectivity index (χ2v) is 11.8. The molecule has 1 unspecified atom stereocenters. The highest BCUT2D eigenvalue weighted by molar-refractivity contribution is 8.00. The molecule has 2 aliphatic rings. The summed E-state index contributed by atoms with van der Waals surface area (Å²) in [5.74, 6) is 2.54. The molecule has 0 amide bonds. The van der Waals surface area contributed by atoms with Crippen LogP contribution in [0.4, 0.5) is 5.13 Å². The number of likely N-dealkylation sites (tertiary alicyclic amines) is 1. The van der Waals surface area contributed by atoms with Crippen molar-refractivity contribution in [2.24, 2.45) is 0 Å². The van der Waals surface area contributed by atoms with Crippen LogP contribution >= 0.6 is 23.5 Å². The predicted octanol–water partition coefficient (Wildman–Crippen LogP) is 6.91. The van der Waals surface area contributed by atoms with E-state index >= 15 is 0 Å². The number of piperidine rings is 1. The molecule has 0 radical (unpaired) electrons. The van der Waals surface area contributed by atoms with Gasteiger partial charge in [-0.3, -0.25) is 9.21 Å². The maximum absolute atomic E-state index is 6.22. The summed E-state index contributed by atoms with van der Waals surface area (Å²) >= 11 is 3.02. The molecule has 1 aromatic heterocycles. The standard InChI is InChI=1S/C29H36N4O3S2/c1-20(2)15-22-7-5-6-13-32(22)26-12-14-36-28-17-24(10-11-25(26)28)38-33(29-30-19-31-37-29)18-21-8-9-23(34-3)16-27(21)35-4/h8-11,16-17,19,22,26H,1,5-7,12-15,18H2,2-4H3/t22-,26?/m0/s1. The summed E-state index contributed by atoms with van der Waals surface area (Å²) in [6.07, 6.45) is 7.52. The van der Waals surface area contributed by atoms with Gasteiger partial charge < -0.3 is 14.2 Å². The normalized spacial score (nSPS) is 19.3. The van der Waals surface area contributed by atoms with E-state index in [0.29, 0.717) is 18.6 Å². The Bertz CT molecular complexity index is 1240. The number of methoxy groups -OCH3 is 2. The van der Waals surface area contributed by atoms with Crippen molar-refractivity contribution in [3.05, 3.63) is 66.0 Å². The second kappa shape index (κ2) is 12.4. The zero-order valence-electron chi connectivity index (χ0n) is 22.4. The van der Waals surface area contributed by atoms with Gasteiger partial charge in [0, 0.05) is 52.1 Å². The molecule has 1 saturated heterocycles. The quantitative estimate of drug-likeness (QED) is 0.199. The summed E-state index contributed by atoms with van der Waals surface area (Å²) in [5.41, 5.74) is 3.61. The molecular weight excluding hydrogens is 516 g/mol. The van der Waals surface area contributed by atoms with Crippen LogP contribution in [-0.4, -0.2) is 47.7 Å². The number of rotatable bonds is 10. The molecule has 0 spiro atoms. The second-order valence-electron chi connectivity index (χ2n) is 9.93. The SMILES string of the molecule is C=C(C)C[C@@H]1CCCCN1C1CCOc2cc(SN(Cc3ccc(OC)cc3OC)c3ncns3)ccc21. The van der Waals surface area contributed by atoms with Crippen molar-refractivity contribution in [1.29, 1.82) is 0 Å². The highest BCUT2D eigenvalue weighted by Gasteiger charge is 2.33. The fourth-order valence-electron chi connectivity index (χ4n) is 5.49. The van der Waals surface area contributed by atoms with Crippen molar-refractivity contribution in [1.82, 2.24) is 14.3 Å². The topological polar surface area (TPSA) is 60.0 Å². The largest absolute Gasteiger partial charge is 0.497 e. The fraction of sp³-hybridized carbons (Fsp3) is 0.448. The van der Waals surface area contributed by atoms with Crippen LogP contribution in [-0.2, 0) is 6.54 Å². The number of aromatic nitrogens is 2. The van der Waals surface area contributed by atoms with Crippen LogP contribution in [0, 0.1) is 0 Å². The first-order chi connectivity index (χ1) is 18.6. The Balaban J connectivity index is 1.38. The van der Waals surface area contributed by atoms with E-state index in [1.807, 2.05) is 18.2 Å². The van der Waals surface area contributed by atoms with Gasteiger partial charge in [0.05, 0.1) is 27.4 Å². The Morgan fingerprint density at radius 3 is 2.84 bits per heavy atom. The minimum Gasteiger partial charge on any atom is -0.497 e. The molecule has 9 heteroatoms.